The molecule has 0 bridgehead atoms. The van der Waals surface area contributed by atoms with Gasteiger partial charge in [0.1, 0.15) is 10.7 Å². The van der Waals surface area contributed by atoms with Crippen LogP contribution in [0, 0.1) is 11.8 Å². The molecule has 136 valence electrons. The van der Waals surface area contributed by atoms with Crippen LogP contribution in [0.5, 0.6) is 0 Å². The maximum absolute atomic E-state index is 12.5. The van der Waals surface area contributed by atoms with Gasteiger partial charge in [-0.1, -0.05) is 26.0 Å². The zero-order valence-corrected chi connectivity index (χ0v) is 15.3. The highest BCUT2D eigenvalue weighted by Crippen LogP contribution is 2.30. The van der Waals surface area contributed by atoms with Gasteiger partial charge in [0, 0.05) is 19.0 Å². The molecule has 0 aromatic heterocycles. The van der Waals surface area contributed by atoms with Crippen LogP contribution < -0.4 is 11.1 Å². The van der Waals surface area contributed by atoms with Crippen LogP contribution in [0.1, 0.15) is 26.7 Å². The van der Waals surface area contributed by atoms with E-state index in [-0.39, 0.29) is 22.6 Å². The van der Waals surface area contributed by atoms with Crippen molar-refractivity contribution in [1.29, 1.82) is 0 Å². The second-order valence-electron chi connectivity index (χ2n) is 6.97. The summed E-state index contributed by atoms with van der Waals surface area (Å²) in [6.07, 6.45) is 1.58. The van der Waals surface area contributed by atoms with Gasteiger partial charge in [0.2, 0.25) is 5.91 Å². The summed E-state index contributed by atoms with van der Waals surface area (Å²) in [5.41, 5.74) is 6.52. The van der Waals surface area contributed by atoms with Crippen LogP contribution in [0.2, 0.25) is 0 Å². The summed E-state index contributed by atoms with van der Waals surface area (Å²) in [6, 6.07) is 6.18. The number of nitrogens with one attached hydrogen (secondary N) is 1. The first-order chi connectivity index (χ1) is 11.8. The zero-order chi connectivity index (χ0) is 18.2. The average molecular weight is 364 g/mol. The van der Waals surface area contributed by atoms with E-state index in [0.29, 0.717) is 24.6 Å². The van der Waals surface area contributed by atoms with Crippen molar-refractivity contribution in [2.75, 3.05) is 18.4 Å². The molecule has 0 unspecified atom stereocenters. The molecular formula is C17H24N4O3S. The topological polar surface area (TPSA) is 105 Å². The van der Waals surface area contributed by atoms with E-state index in [1.54, 1.807) is 23.1 Å². The summed E-state index contributed by atoms with van der Waals surface area (Å²) in [5.74, 6) is 0.249. The van der Waals surface area contributed by atoms with E-state index >= 15 is 0 Å². The highest BCUT2D eigenvalue weighted by atomic mass is 32.2. The highest BCUT2D eigenvalue weighted by molar-refractivity contribution is 7.90. The van der Waals surface area contributed by atoms with E-state index in [9.17, 15) is 13.2 Å². The molecule has 0 saturated carbocycles. The van der Waals surface area contributed by atoms with Crippen molar-refractivity contribution in [2.24, 2.45) is 22.0 Å². The number of benzene rings is 1. The number of anilines is 1. The number of carbonyl (C=O) groups excluding carboxylic acids is 1. The Bertz CT molecular complexity index is 804. The first-order valence-corrected chi connectivity index (χ1v) is 9.99. The predicted octanol–water partition coefficient (Wildman–Crippen LogP) is 1.42. The molecule has 1 aromatic carbocycles. The molecule has 3 rings (SSSR count). The summed E-state index contributed by atoms with van der Waals surface area (Å²) < 4.78 is 28.8. The summed E-state index contributed by atoms with van der Waals surface area (Å²) in [4.78, 5) is 14.4. The van der Waals surface area contributed by atoms with Crippen molar-refractivity contribution < 1.29 is 13.2 Å². The number of piperidine rings is 1. The van der Waals surface area contributed by atoms with Crippen LogP contribution in [0.4, 0.5) is 5.69 Å². The van der Waals surface area contributed by atoms with E-state index in [0.717, 1.165) is 12.8 Å². The normalized spacial score (nSPS) is 23.4. The minimum Gasteiger partial charge on any atom is -0.342 e. The fraction of sp³-hybridized carbons (Fsp3) is 0.529. The molecule has 1 fully saturated rings. The number of fused-ring (bicyclic) bond motifs is 1. The molecule has 25 heavy (non-hydrogen) atoms. The van der Waals surface area contributed by atoms with Gasteiger partial charge in [0.25, 0.3) is 10.0 Å². The molecule has 2 atom stereocenters. The van der Waals surface area contributed by atoms with Gasteiger partial charge in [-0.3, -0.25) is 4.79 Å². The number of amidine groups is 1. The lowest BCUT2D eigenvalue weighted by atomic mass is 9.94. The number of nitrogens with zero attached hydrogens (tertiary/aromatic N) is 2. The molecule has 8 heteroatoms. The Morgan fingerprint density at radius 3 is 2.80 bits per heavy atom. The molecule has 2 heterocycles. The summed E-state index contributed by atoms with van der Waals surface area (Å²) in [5, 5.41) is 3.14. The Kier molecular flexibility index (Phi) is 4.83. The number of carbonyl (C=O) groups is 1. The van der Waals surface area contributed by atoms with Gasteiger partial charge in [0.05, 0.1) is 11.7 Å². The maximum Gasteiger partial charge on any atom is 0.286 e. The molecule has 7 nitrogen and oxygen atoms in total. The van der Waals surface area contributed by atoms with Crippen molar-refractivity contribution in [3.63, 3.8) is 0 Å². The van der Waals surface area contributed by atoms with Gasteiger partial charge in [0.15, 0.2) is 0 Å². The van der Waals surface area contributed by atoms with E-state index in [2.05, 4.69) is 9.71 Å². The molecule has 0 radical (unpaired) electrons. The lowest BCUT2D eigenvalue weighted by molar-refractivity contribution is -0.134. The molecule has 3 N–H and O–H groups in total. The third-order valence-electron chi connectivity index (χ3n) is 4.77. The van der Waals surface area contributed by atoms with Gasteiger partial charge in [-0.05, 0) is 30.9 Å². The third kappa shape index (κ3) is 3.55. The van der Waals surface area contributed by atoms with Crippen LogP contribution >= 0.6 is 0 Å². The number of para-hydroxylation sites is 1. The largest absolute Gasteiger partial charge is 0.342 e. The second-order valence-corrected chi connectivity index (χ2v) is 8.54. The van der Waals surface area contributed by atoms with E-state index in [1.165, 1.54) is 6.07 Å². The van der Waals surface area contributed by atoms with Crippen LogP contribution in [-0.4, -0.2) is 44.2 Å². The van der Waals surface area contributed by atoms with Crippen LogP contribution in [-0.2, 0) is 14.8 Å². The van der Waals surface area contributed by atoms with Gasteiger partial charge in [-0.15, -0.1) is 4.40 Å². The Morgan fingerprint density at radius 1 is 1.36 bits per heavy atom. The number of hydrogen-bond acceptors (Lipinski definition) is 5. The number of likely N-dealkylation sites (tertiary alicyclic amines) is 1. The van der Waals surface area contributed by atoms with Gasteiger partial charge in [-0.2, -0.15) is 8.42 Å². The second kappa shape index (κ2) is 6.76. The van der Waals surface area contributed by atoms with E-state index in [4.69, 9.17) is 5.73 Å². The van der Waals surface area contributed by atoms with Gasteiger partial charge < -0.3 is 16.0 Å². The standard InChI is InChI=1S/C17H24N4O3S/c1-11(2)15(18)17(22)21-9-5-6-12(10-21)16-19-13-7-3-4-8-14(13)25(23,24)20-16/h3-4,7-8,11-12,15H,5-6,9-10,18H2,1-2H3,(H,19,20)/t12-,15+/m1/s1. The fourth-order valence-corrected chi connectivity index (χ4v) is 4.41. The Morgan fingerprint density at radius 2 is 2.08 bits per heavy atom. The number of hydrogen-bond donors (Lipinski definition) is 2. The quantitative estimate of drug-likeness (QED) is 0.844. The molecule has 0 aliphatic carbocycles. The Balaban J connectivity index is 1.81. The predicted molar refractivity (Wildman–Crippen MR) is 96.8 cm³/mol. The molecule has 1 amide bonds. The summed E-state index contributed by atoms with van der Waals surface area (Å²) in [7, 11) is -3.71. The molecule has 0 spiro atoms. The molecule has 2 aliphatic rings. The summed E-state index contributed by atoms with van der Waals surface area (Å²) in [6.45, 7) is 4.91. The van der Waals surface area contributed by atoms with Crippen molar-refractivity contribution in [3.8, 4) is 0 Å². The smallest absolute Gasteiger partial charge is 0.286 e. The van der Waals surface area contributed by atoms with Crippen molar-refractivity contribution in [1.82, 2.24) is 4.90 Å². The van der Waals surface area contributed by atoms with Crippen LogP contribution in [0.25, 0.3) is 0 Å². The maximum atomic E-state index is 12.5. The average Bonchev–Trinajstić information content (AvgIpc) is 2.60. The van der Waals surface area contributed by atoms with Gasteiger partial charge in [-0.25, -0.2) is 0 Å². The number of nitrogens with two attached hydrogens (primary N) is 1. The molecular weight excluding hydrogens is 340 g/mol. The highest BCUT2D eigenvalue weighted by Gasteiger charge is 2.34. The van der Waals surface area contributed by atoms with Crippen LogP contribution in [0.15, 0.2) is 33.6 Å². The summed E-state index contributed by atoms with van der Waals surface area (Å²) >= 11 is 0. The minimum absolute atomic E-state index is 0.0604. The van der Waals surface area contributed by atoms with E-state index < -0.39 is 16.1 Å². The first-order valence-electron chi connectivity index (χ1n) is 8.55. The molecule has 2 aliphatic heterocycles. The molecule has 1 aromatic rings. The minimum atomic E-state index is -3.71. The third-order valence-corrected chi connectivity index (χ3v) is 6.12. The first kappa shape index (κ1) is 17.9. The van der Waals surface area contributed by atoms with Gasteiger partial charge >= 0.3 is 0 Å². The van der Waals surface area contributed by atoms with Crippen LogP contribution in [0.3, 0.4) is 0 Å². The number of amides is 1. The van der Waals surface area contributed by atoms with Crippen molar-refractivity contribution >= 4 is 27.5 Å². The van der Waals surface area contributed by atoms with Crippen molar-refractivity contribution in [3.05, 3.63) is 24.3 Å². The van der Waals surface area contributed by atoms with Crippen molar-refractivity contribution in [2.45, 2.75) is 37.6 Å². The number of sulfonamides is 1. The van der Waals surface area contributed by atoms with E-state index in [1.807, 2.05) is 13.8 Å². The Labute approximate surface area is 148 Å². The number of rotatable bonds is 3. The zero-order valence-electron chi connectivity index (χ0n) is 14.5. The molecule has 1 saturated heterocycles. The lowest BCUT2D eigenvalue weighted by Gasteiger charge is -2.36. The Hall–Kier alpha value is -1.93. The lowest BCUT2D eigenvalue weighted by Crippen LogP contribution is -2.51. The fourth-order valence-electron chi connectivity index (χ4n) is 3.21. The SMILES string of the molecule is CC(C)[C@H](N)C(=O)N1CCC[C@@H](C2=NS(=O)(=O)c3ccccc3N2)C1. The monoisotopic (exact) mass is 364 g/mol.